The van der Waals surface area contributed by atoms with Gasteiger partial charge in [0, 0.05) is 25.6 Å². The third kappa shape index (κ3) is 32.1. The molecule has 19 nitrogen and oxygen atoms in total. The molecule has 7 atom stereocenters. The first-order valence-corrected chi connectivity index (χ1v) is 29.1. The second-order valence-electron chi connectivity index (χ2n) is 18.6. The topological polar surface area (TPSA) is 286 Å². The largest absolute Gasteiger partial charge is 0.481 e. The number of phosphoric acid groups is 2. The van der Waals surface area contributed by atoms with Gasteiger partial charge < -0.3 is 45.1 Å². The fourth-order valence-corrected chi connectivity index (χ4v) is 9.70. The van der Waals surface area contributed by atoms with E-state index in [1.54, 1.807) is 0 Å². The third-order valence-electron chi connectivity index (χ3n) is 11.6. The number of aliphatic hydroxyl groups is 3. The van der Waals surface area contributed by atoms with E-state index in [1.807, 2.05) is 18.2 Å². The lowest BCUT2D eigenvalue weighted by molar-refractivity contribution is -0.161. The standard InChI is InChI=1S/C51H87N3O16P2/c1-42(2)33-29-25-21-17-13-9-8-11-14-18-22-26-30-34-46(56)65-39-43(68-47(57)35-31-27-23-19-15-10-6-4-3-5-7-12-16-20-24-28-32-38-55)40-66-71(61,62)70-72(63,64)67-41-44-48(58)49(59)50(69-44)54-37-36-45(52)53-51(54)60/h3,5-6,10,12,16,19,23,36-37,42-44,48-50,55,58-59H,4,7-9,11,13-15,17-18,20-22,24-35,38-41H2,1-2H3,(H,61,62)(H,63,64)(H2,52,53,60)/b5-3-,10-6-,16-12-,23-19-/t43-,44-,48-,49-,50-/m1/s1. The number of carbonyl (C=O) groups is 2. The normalized spacial score (nSPS) is 19.5. The molecule has 1 aliphatic rings. The first kappa shape index (κ1) is 64.8. The lowest BCUT2D eigenvalue weighted by Crippen LogP contribution is -2.36. The van der Waals surface area contributed by atoms with Crippen molar-refractivity contribution in [3.05, 3.63) is 71.4 Å². The van der Waals surface area contributed by atoms with Crippen LogP contribution >= 0.6 is 15.6 Å². The Morgan fingerprint density at radius 1 is 0.708 bits per heavy atom. The average molecular weight is 1060 g/mol. The van der Waals surface area contributed by atoms with Crippen LogP contribution in [-0.4, -0.2) is 97.4 Å². The highest BCUT2D eigenvalue weighted by atomic mass is 31.3. The number of nitrogens with two attached hydrogens (primary N) is 1. The van der Waals surface area contributed by atoms with Crippen LogP contribution in [0.1, 0.15) is 181 Å². The first-order valence-electron chi connectivity index (χ1n) is 26.1. The first-order chi connectivity index (χ1) is 34.5. The maximum absolute atomic E-state index is 12.9. The molecule has 1 aliphatic heterocycles. The lowest BCUT2D eigenvalue weighted by Gasteiger charge is -2.21. The van der Waals surface area contributed by atoms with E-state index >= 15 is 0 Å². The predicted octanol–water partition coefficient (Wildman–Crippen LogP) is 9.78. The number of rotatable bonds is 43. The average Bonchev–Trinajstić information content (AvgIpc) is 3.60. The van der Waals surface area contributed by atoms with Crippen molar-refractivity contribution in [2.24, 2.45) is 5.92 Å². The highest BCUT2D eigenvalue weighted by Crippen LogP contribution is 2.60. The number of unbranched alkanes of at least 4 members (excludes halogenated alkanes) is 16. The molecular weight excluding hydrogens is 973 g/mol. The van der Waals surface area contributed by atoms with Crippen molar-refractivity contribution in [1.29, 1.82) is 0 Å². The molecular formula is C51H87N3O16P2. The van der Waals surface area contributed by atoms with Gasteiger partial charge in [0.1, 0.15) is 30.7 Å². The Balaban J connectivity index is 1.81. The molecule has 1 fully saturated rings. The quantitative estimate of drug-likeness (QED) is 0.0153. The Kier molecular flexibility index (Phi) is 35.2. The van der Waals surface area contributed by atoms with Gasteiger partial charge in [0.15, 0.2) is 12.3 Å². The molecule has 1 saturated heterocycles. The number of anilines is 1. The second kappa shape index (κ2) is 39.1. The Morgan fingerprint density at radius 2 is 1.22 bits per heavy atom. The molecule has 2 rings (SSSR count). The number of aliphatic hydroxyl groups excluding tert-OH is 3. The predicted molar refractivity (Wildman–Crippen MR) is 276 cm³/mol. The van der Waals surface area contributed by atoms with Gasteiger partial charge in [-0.3, -0.25) is 23.2 Å². The van der Waals surface area contributed by atoms with Gasteiger partial charge in [-0.05, 0) is 69.8 Å². The number of esters is 2. The van der Waals surface area contributed by atoms with E-state index in [1.165, 1.54) is 63.9 Å². The van der Waals surface area contributed by atoms with Crippen molar-refractivity contribution in [3.63, 3.8) is 0 Å². The van der Waals surface area contributed by atoms with Crippen LogP contribution in [0.15, 0.2) is 65.7 Å². The summed E-state index contributed by atoms with van der Waals surface area (Å²) in [6.45, 7) is 2.43. The van der Waals surface area contributed by atoms with Gasteiger partial charge in [-0.2, -0.15) is 9.29 Å². The number of ether oxygens (including phenoxy) is 3. The molecule has 0 amide bonds. The summed E-state index contributed by atoms with van der Waals surface area (Å²) >= 11 is 0. The Labute approximate surface area is 427 Å². The summed E-state index contributed by atoms with van der Waals surface area (Å²) < 4.78 is 56.7. The zero-order valence-electron chi connectivity index (χ0n) is 42.8. The molecule has 0 spiro atoms. The van der Waals surface area contributed by atoms with Gasteiger partial charge in [-0.15, -0.1) is 0 Å². The summed E-state index contributed by atoms with van der Waals surface area (Å²) in [5, 5.41) is 29.7. The van der Waals surface area contributed by atoms with Crippen LogP contribution in [0.3, 0.4) is 0 Å². The number of allylic oxidation sites excluding steroid dienone is 8. The minimum atomic E-state index is -5.44. The summed E-state index contributed by atoms with van der Waals surface area (Å²) in [5.41, 5.74) is 4.58. The summed E-state index contributed by atoms with van der Waals surface area (Å²) in [6.07, 6.45) is 33.6. The number of carbonyl (C=O) groups excluding carboxylic acids is 2. The van der Waals surface area contributed by atoms with E-state index in [9.17, 15) is 43.5 Å². The van der Waals surface area contributed by atoms with Crippen molar-refractivity contribution >= 4 is 33.4 Å². The molecule has 0 bridgehead atoms. The van der Waals surface area contributed by atoms with E-state index in [0.717, 1.165) is 87.3 Å². The number of aromatic nitrogens is 2. The van der Waals surface area contributed by atoms with Crippen molar-refractivity contribution in [2.45, 2.75) is 205 Å². The van der Waals surface area contributed by atoms with Crippen LogP contribution in [-0.2, 0) is 46.3 Å². The minimum absolute atomic E-state index is 0.0355. The minimum Gasteiger partial charge on any atom is -0.462 e. The Hall–Kier alpha value is -3.32. The van der Waals surface area contributed by atoms with Crippen molar-refractivity contribution in [1.82, 2.24) is 9.55 Å². The van der Waals surface area contributed by atoms with Crippen molar-refractivity contribution in [3.8, 4) is 0 Å². The van der Waals surface area contributed by atoms with Crippen LogP contribution in [0.4, 0.5) is 5.82 Å². The number of nitrogen functional groups attached to an aromatic ring is 1. The number of hydrogen-bond donors (Lipinski definition) is 6. The van der Waals surface area contributed by atoms with E-state index < -0.39 is 83.7 Å². The zero-order valence-corrected chi connectivity index (χ0v) is 44.6. The van der Waals surface area contributed by atoms with Crippen LogP contribution in [0, 0.1) is 5.92 Å². The fraction of sp³-hybridized carbons (Fsp3) is 0.725. The molecule has 1 aromatic heterocycles. The van der Waals surface area contributed by atoms with Gasteiger partial charge in [0.05, 0.1) is 13.2 Å². The monoisotopic (exact) mass is 1060 g/mol. The fourth-order valence-electron chi connectivity index (χ4n) is 7.59. The smallest absolute Gasteiger partial charge is 0.462 e. The van der Waals surface area contributed by atoms with Gasteiger partial charge in [-0.1, -0.05) is 152 Å². The van der Waals surface area contributed by atoms with Gasteiger partial charge >= 0.3 is 33.3 Å². The third-order valence-corrected chi connectivity index (χ3v) is 14.3. The number of phosphoric ester groups is 2. The Bertz CT molecular complexity index is 1910. The van der Waals surface area contributed by atoms with E-state index in [2.05, 4.69) is 53.5 Å². The van der Waals surface area contributed by atoms with Gasteiger partial charge in [-0.25, -0.2) is 13.9 Å². The summed E-state index contributed by atoms with van der Waals surface area (Å²) in [4.78, 5) is 61.9. The highest BCUT2D eigenvalue weighted by molar-refractivity contribution is 7.61. The van der Waals surface area contributed by atoms with Crippen molar-refractivity contribution < 1.29 is 71.4 Å². The molecule has 0 aromatic carbocycles. The molecule has 21 heteroatoms. The molecule has 0 radical (unpaired) electrons. The molecule has 0 saturated carbocycles. The highest BCUT2D eigenvalue weighted by Gasteiger charge is 2.46. The second-order valence-corrected chi connectivity index (χ2v) is 21.6. The van der Waals surface area contributed by atoms with E-state index in [-0.39, 0.29) is 25.3 Å². The Morgan fingerprint density at radius 3 is 1.79 bits per heavy atom. The number of nitrogens with zero attached hydrogens (tertiary/aromatic N) is 2. The summed E-state index contributed by atoms with van der Waals surface area (Å²) in [7, 11) is -10.9. The molecule has 7 N–H and O–H groups in total. The van der Waals surface area contributed by atoms with Crippen LogP contribution in [0.2, 0.25) is 0 Å². The molecule has 2 unspecified atom stereocenters. The van der Waals surface area contributed by atoms with Gasteiger partial charge in [0.2, 0.25) is 0 Å². The SMILES string of the molecule is CC(C)CCCCCCCCCCCCCCCC(=O)OC[C@H](COP(=O)(O)OP(=O)(O)OC[C@H]1O[C@@H](n2ccc(N)nc2=O)[C@H](O)[C@@H]1O)OC(=O)CCC/C=C\C/C=C\C/C=C\C/C=C\CCCCCO. The maximum atomic E-state index is 12.9. The summed E-state index contributed by atoms with van der Waals surface area (Å²) in [6, 6.07) is 1.24. The van der Waals surface area contributed by atoms with E-state index in [4.69, 9.17) is 34.1 Å². The molecule has 2 heterocycles. The molecule has 72 heavy (non-hydrogen) atoms. The maximum Gasteiger partial charge on any atom is 0.481 e. The van der Waals surface area contributed by atoms with Gasteiger partial charge in [0.25, 0.3) is 0 Å². The van der Waals surface area contributed by atoms with Crippen molar-refractivity contribution in [2.75, 3.05) is 32.2 Å². The van der Waals surface area contributed by atoms with E-state index in [0.29, 0.717) is 19.3 Å². The summed E-state index contributed by atoms with van der Waals surface area (Å²) in [5.74, 6) is -0.594. The molecule has 412 valence electrons. The lowest BCUT2D eigenvalue weighted by atomic mass is 10.0. The molecule has 1 aromatic rings. The number of hydrogen-bond acceptors (Lipinski definition) is 16. The van der Waals surface area contributed by atoms with Crippen LogP contribution in [0.5, 0.6) is 0 Å². The van der Waals surface area contributed by atoms with Crippen LogP contribution < -0.4 is 11.4 Å². The molecule has 0 aliphatic carbocycles. The zero-order chi connectivity index (χ0) is 52.9. The van der Waals surface area contributed by atoms with Crippen LogP contribution in [0.25, 0.3) is 0 Å².